The molecular formula is C11H15NO3. The number of anilines is 1. The van der Waals surface area contributed by atoms with Crippen LogP contribution in [0.4, 0.5) is 5.69 Å². The van der Waals surface area contributed by atoms with Gasteiger partial charge in [-0.1, -0.05) is 0 Å². The van der Waals surface area contributed by atoms with E-state index in [1.807, 2.05) is 18.7 Å². The Morgan fingerprint density at radius 3 is 2.27 bits per heavy atom. The topological polar surface area (TPSA) is 60.8 Å². The second-order valence-electron chi connectivity index (χ2n) is 3.19. The molecule has 0 aliphatic heterocycles. The molecule has 0 aromatic heterocycles. The van der Waals surface area contributed by atoms with Gasteiger partial charge in [0.05, 0.1) is 11.3 Å². The van der Waals surface area contributed by atoms with Crippen LogP contribution in [0.15, 0.2) is 12.1 Å². The highest BCUT2D eigenvalue weighted by atomic mass is 16.3. The molecule has 0 saturated heterocycles. The summed E-state index contributed by atoms with van der Waals surface area (Å²) in [5.74, 6) is -0.0942. The molecule has 4 heteroatoms. The van der Waals surface area contributed by atoms with Gasteiger partial charge in [0.1, 0.15) is 11.5 Å². The molecule has 82 valence electrons. The van der Waals surface area contributed by atoms with Crippen LogP contribution in [0.2, 0.25) is 0 Å². The largest absolute Gasteiger partial charge is 0.507 e. The van der Waals surface area contributed by atoms with Crippen molar-refractivity contribution in [1.29, 1.82) is 0 Å². The number of carbonyl (C=O) groups is 1. The third-order valence-corrected chi connectivity index (χ3v) is 2.35. The molecule has 0 bridgehead atoms. The van der Waals surface area contributed by atoms with E-state index in [1.54, 1.807) is 0 Å². The van der Waals surface area contributed by atoms with Crippen LogP contribution in [0.5, 0.6) is 11.5 Å². The van der Waals surface area contributed by atoms with Crippen molar-refractivity contribution in [1.82, 2.24) is 0 Å². The second-order valence-corrected chi connectivity index (χ2v) is 3.19. The van der Waals surface area contributed by atoms with Gasteiger partial charge in [0.15, 0.2) is 6.29 Å². The van der Waals surface area contributed by atoms with Gasteiger partial charge >= 0.3 is 0 Å². The Labute approximate surface area is 88.8 Å². The van der Waals surface area contributed by atoms with Crippen LogP contribution in [0, 0.1) is 0 Å². The summed E-state index contributed by atoms with van der Waals surface area (Å²) in [6, 6.07) is 2.68. The Morgan fingerprint density at radius 1 is 1.20 bits per heavy atom. The molecule has 1 aromatic rings. The summed E-state index contributed by atoms with van der Waals surface area (Å²) in [6.45, 7) is 5.36. The third-order valence-electron chi connectivity index (χ3n) is 2.35. The van der Waals surface area contributed by atoms with Gasteiger partial charge < -0.3 is 15.1 Å². The highest BCUT2D eigenvalue weighted by Crippen LogP contribution is 2.33. The fourth-order valence-electron chi connectivity index (χ4n) is 1.49. The maximum absolute atomic E-state index is 10.5. The van der Waals surface area contributed by atoms with Crippen molar-refractivity contribution < 1.29 is 15.0 Å². The summed E-state index contributed by atoms with van der Waals surface area (Å²) in [4.78, 5) is 12.4. The molecule has 0 aliphatic carbocycles. The quantitative estimate of drug-likeness (QED) is 0.586. The Kier molecular flexibility index (Phi) is 3.55. The molecular weight excluding hydrogens is 194 g/mol. The fraction of sp³-hybridized carbons (Fsp3) is 0.364. The van der Waals surface area contributed by atoms with Crippen molar-refractivity contribution in [3.05, 3.63) is 17.7 Å². The number of benzene rings is 1. The highest BCUT2D eigenvalue weighted by molar-refractivity contribution is 5.82. The SMILES string of the molecule is CCN(CC)c1cc(O)c(C=O)cc1O. The average molecular weight is 209 g/mol. The lowest BCUT2D eigenvalue weighted by molar-refractivity contribution is 0.112. The van der Waals surface area contributed by atoms with E-state index in [4.69, 9.17) is 0 Å². The summed E-state index contributed by atoms with van der Waals surface area (Å²) in [7, 11) is 0. The number of nitrogens with zero attached hydrogens (tertiary/aromatic N) is 1. The zero-order chi connectivity index (χ0) is 11.4. The summed E-state index contributed by atoms with van der Waals surface area (Å²) >= 11 is 0. The number of hydrogen-bond acceptors (Lipinski definition) is 4. The smallest absolute Gasteiger partial charge is 0.153 e. The predicted octanol–water partition coefficient (Wildman–Crippen LogP) is 1.76. The van der Waals surface area contributed by atoms with Crippen LogP contribution in [0.1, 0.15) is 24.2 Å². The number of phenolic OH excluding ortho intramolecular Hbond substituents is 2. The number of aldehydes is 1. The highest BCUT2D eigenvalue weighted by Gasteiger charge is 2.11. The van der Waals surface area contributed by atoms with Crippen molar-refractivity contribution >= 4 is 12.0 Å². The zero-order valence-electron chi connectivity index (χ0n) is 8.90. The first kappa shape index (κ1) is 11.4. The summed E-state index contributed by atoms with van der Waals surface area (Å²) < 4.78 is 0. The van der Waals surface area contributed by atoms with Gasteiger partial charge in [-0.3, -0.25) is 4.79 Å². The van der Waals surface area contributed by atoms with Crippen LogP contribution in [-0.2, 0) is 0 Å². The molecule has 0 saturated carbocycles. The minimum Gasteiger partial charge on any atom is -0.507 e. The Morgan fingerprint density at radius 2 is 1.80 bits per heavy atom. The molecule has 4 nitrogen and oxygen atoms in total. The van der Waals surface area contributed by atoms with Gasteiger partial charge in [-0.05, 0) is 19.9 Å². The summed E-state index contributed by atoms with van der Waals surface area (Å²) in [5.41, 5.74) is 0.645. The average Bonchev–Trinajstić information content (AvgIpc) is 2.24. The first-order chi connectivity index (χ1) is 7.13. The monoisotopic (exact) mass is 209 g/mol. The van der Waals surface area contributed by atoms with Gasteiger partial charge in [0, 0.05) is 19.2 Å². The molecule has 0 atom stereocenters. The minimum atomic E-state index is -0.107. The van der Waals surface area contributed by atoms with Crippen LogP contribution in [0.3, 0.4) is 0 Å². The first-order valence-corrected chi connectivity index (χ1v) is 4.90. The fourth-order valence-corrected chi connectivity index (χ4v) is 1.49. The Bertz CT molecular complexity index is 359. The van der Waals surface area contributed by atoms with Gasteiger partial charge in [-0.25, -0.2) is 0 Å². The van der Waals surface area contributed by atoms with E-state index in [0.717, 1.165) is 13.1 Å². The van der Waals surface area contributed by atoms with Gasteiger partial charge in [0.25, 0.3) is 0 Å². The van der Waals surface area contributed by atoms with E-state index < -0.39 is 0 Å². The Hall–Kier alpha value is -1.71. The van der Waals surface area contributed by atoms with Crippen LogP contribution in [0.25, 0.3) is 0 Å². The minimum absolute atomic E-state index is 0.0126. The number of aromatic hydroxyl groups is 2. The molecule has 0 radical (unpaired) electrons. The second kappa shape index (κ2) is 4.68. The number of phenols is 2. The normalized spacial score (nSPS) is 10.0. The lowest BCUT2D eigenvalue weighted by Crippen LogP contribution is -2.21. The molecule has 0 aliphatic rings. The first-order valence-electron chi connectivity index (χ1n) is 4.90. The van der Waals surface area contributed by atoms with Crippen LogP contribution >= 0.6 is 0 Å². The third kappa shape index (κ3) is 2.21. The van der Waals surface area contributed by atoms with E-state index in [2.05, 4.69) is 0 Å². The van der Waals surface area contributed by atoms with E-state index in [0.29, 0.717) is 12.0 Å². The standard InChI is InChI=1S/C11H15NO3/c1-3-12(4-2)9-6-10(14)8(7-13)5-11(9)15/h5-7,14-15H,3-4H2,1-2H3. The maximum atomic E-state index is 10.5. The van der Waals surface area contributed by atoms with Crippen molar-refractivity contribution in [2.24, 2.45) is 0 Å². The van der Waals surface area contributed by atoms with E-state index in [1.165, 1.54) is 12.1 Å². The lowest BCUT2D eigenvalue weighted by Gasteiger charge is -2.22. The van der Waals surface area contributed by atoms with Gasteiger partial charge in [-0.15, -0.1) is 0 Å². The summed E-state index contributed by atoms with van der Waals surface area (Å²) in [5, 5.41) is 19.2. The predicted molar refractivity (Wildman–Crippen MR) is 58.7 cm³/mol. The van der Waals surface area contributed by atoms with Gasteiger partial charge in [-0.2, -0.15) is 0 Å². The van der Waals surface area contributed by atoms with E-state index in [9.17, 15) is 15.0 Å². The molecule has 0 amide bonds. The van der Waals surface area contributed by atoms with Crippen molar-refractivity contribution in [2.75, 3.05) is 18.0 Å². The van der Waals surface area contributed by atoms with Crippen LogP contribution in [-0.4, -0.2) is 29.6 Å². The Balaban J connectivity index is 3.20. The molecule has 0 fully saturated rings. The maximum Gasteiger partial charge on any atom is 0.153 e. The molecule has 1 rings (SSSR count). The molecule has 0 spiro atoms. The molecule has 0 heterocycles. The zero-order valence-corrected chi connectivity index (χ0v) is 8.90. The van der Waals surface area contributed by atoms with Gasteiger partial charge in [0.2, 0.25) is 0 Å². The van der Waals surface area contributed by atoms with Crippen molar-refractivity contribution in [2.45, 2.75) is 13.8 Å². The number of carbonyl (C=O) groups excluding carboxylic acids is 1. The molecule has 1 aromatic carbocycles. The number of rotatable bonds is 4. The van der Waals surface area contributed by atoms with E-state index >= 15 is 0 Å². The van der Waals surface area contributed by atoms with Crippen LogP contribution < -0.4 is 4.90 Å². The van der Waals surface area contributed by atoms with Crippen molar-refractivity contribution in [3.8, 4) is 11.5 Å². The molecule has 0 unspecified atom stereocenters. The lowest BCUT2D eigenvalue weighted by atomic mass is 10.1. The van der Waals surface area contributed by atoms with E-state index in [-0.39, 0.29) is 17.1 Å². The number of hydrogen-bond donors (Lipinski definition) is 2. The van der Waals surface area contributed by atoms with Crippen molar-refractivity contribution in [3.63, 3.8) is 0 Å². The molecule has 2 N–H and O–H groups in total. The molecule has 15 heavy (non-hydrogen) atoms. The summed E-state index contributed by atoms with van der Waals surface area (Å²) in [6.07, 6.45) is 0.515.